The Hall–Kier alpha value is -2.37. The van der Waals surface area contributed by atoms with Crippen molar-refractivity contribution in [2.24, 2.45) is 5.92 Å². The van der Waals surface area contributed by atoms with Crippen molar-refractivity contribution in [3.63, 3.8) is 0 Å². The topological polar surface area (TPSA) is 75.7 Å². The van der Waals surface area contributed by atoms with Gasteiger partial charge in [0.25, 0.3) is 5.91 Å². The molecule has 1 heterocycles. The average Bonchev–Trinajstić information content (AvgIpc) is 3.05. The van der Waals surface area contributed by atoms with Gasteiger partial charge in [-0.15, -0.1) is 0 Å². The fraction of sp³-hybridized carbons (Fsp3) is 0.571. The Balaban J connectivity index is 1.74. The van der Waals surface area contributed by atoms with E-state index in [-0.39, 0.29) is 24.5 Å². The van der Waals surface area contributed by atoms with Crippen LogP contribution in [0, 0.1) is 5.92 Å². The van der Waals surface area contributed by atoms with E-state index >= 15 is 0 Å². The van der Waals surface area contributed by atoms with Crippen molar-refractivity contribution in [3.05, 3.63) is 29.8 Å². The van der Waals surface area contributed by atoms with Gasteiger partial charge in [0.1, 0.15) is 0 Å². The Morgan fingerprint density at radius 1 is 1.15 bits per heavy atom. The monoisotopic (exact) mass is 374 g/mol. The third kappa shape index (κ3) is 6.70. The molecule has 1 aromatic rings. The zero-order valence-electron chi connectivity index (χ0n) is 16.5. The minimum absolute atomic E-state index is 0.0623. The van der Waals surface area contributed by atoms with Crippen molar-refractivity contribution in [2.45, 2.75) is 58.9 Å². The van der Waals surface area contributed by atoms with E-state index in [1.165, 1.54) is 0 Å². The lowest BCUT2D eigenvalue weighted by atomic mass is 10.0. The average molecular weight is 374 g/mol. The van der Waals surface area contributed by atoms with Crippen LogP contribution in [0.2, 0.25) is 0 Å². The first kappa shape index (κ1) is 20.9. The van der Waals surface area contributed by atoms with Gasteiger partial charge in [-0.3, -0.25) is 9.59 Å². The van der Waals surface area contributed by atoms with Crippen LogP contribution < -0.4 is 10.2 Å². The first-order chi connectivity index (χ1) is 12.9. The van der Waals surface area contributed by atoms with Crippen LogP contribution in [0.5, 0.6) is 0 Å². The van der Waals surface area contributed by atoms with E-state index in [2.05, 4.69) is 19.2 Å². The number of anilines is 1. The van der Waals surface area contributed by atoms with E-state index in [4.69, 9.17) is 4.74 Å². The van der Waals surface area contributed by atoms with Crippen LogP contribution in [-0.2, 0) is 14.3 Å². The number of carbonyl (C=O) groups excluding carboxylic acids is 3. The standard InChI is InChI=1S/C21H30N2O4/c1-15(2)6-4-7-16(3)22-19(24)14-27-21(26)17-9-11-18(12-10-17)23-13-5-8-20(23)25/h9-12,15-16H,4-8,13-14H2,1-3H3,(H,22,24)/t16-/m1/s1. The normalized spacial score (nSPS) is 15.1. The molecule has 1 aliphatic heterocycles. The van der Waals surface area contributed by atoms with Crippen LogP contribution in [0.1, 0.15) is 63.2 Å². The van der Waals surface area contributed by atoms with Gasteiger partial charge in [0.15, 0.2) is 6.61 Å². The molecule has 27 heavy (non-hydrogen) atoms. The summed E-state index contributed by atoms with van der Waals surface area (Å²) in [5, 5.41) is 2.85. The SMILES string of the molecule is CC(C)CCC[C@@H](C)NC(=O)COC(=O)c1ccc(N2CCCC2=O)cc1. The predicted octanol–water partition coefficient (Wildman–Crippen LogP) is 3.30. The minimum atomic E-state index is -0.545. The number of hydrogen-bond acceptors (Lipinski definition) is 4. The van der Waals surface area contributed by atoms with Gasteiger partial charge in [0.2, 0.25) is 5.91 Å². The molecule has 6 nitrogen and oxygen atoms in total. The predicted molar refractivity (Wildman–Crippen MR) is 105 cm³/mol. The Morgan fingerprint density at radius 2 is 1.85 bits per heavy atom. The number of rotatable bonds is 9. The molecule has 1 aromatic carbocycles. The molecule has 1 aliphatic rings. The summed E-state index contributed by atoms with van der Waals surface area (Å²) in [4.78, 5) is 37.5. The lowest BCUT2D eigenvalue weighted by molar-refractivity contribution is -0.124. The first-order valence-electron chi connectivity index (χ1n) is 9.73. The van der Waals surface area contributed by atoms with E-state index in [0.29, 0.717) is 24.4 Å². The summed E-state index contributed by atoms with van der Waals surface area (Å²) in [7, 11) is 0. The molecule has 0 bridgehead atoms. The Kier molecular flexibility index (Phi) is 7.82. The van der Waals surface area contributed by atoms with Gasteiger partial charge in [-0.2, -0.15) is 0 Å². The summed E-state index contributed by atoms with van der Waals surface area (Å²) in [6.45, 7) is 6.73. The van der Waals surface area contributed by atoms with E-state index in [1.807, 2.05) is 6.92 Å². The second kappa shape index (κ2) is 10.1. The third-order valence-electron chi connectivity index (χ3n) is 4.65. The van der Waals surface area contributed by atoms with Crippen LogP contribution in [0.3, 0.4) is 0 Å². The number of esters is 1. The van der Waals surface area contributed by atoms with Crippen molar-refractivity contribution in [2.75, 3.05) is 18.1 Å². The smallest absolute Gasteiger partial charge is 0.338 e. The Bertz CT molecular complexity index is 655. The number of nitrogens with one attached hydrogen (secondary N) is 1. The van der Waals surface area contributed by atoms with Gasteiger partial charge in [0.05, 0.1) is 5.56 Å². The number of ether oxygens (including phenoxy) is 1. The van der Waals surface area contributed by atoms with Crippen molar-refractivity contribution in [1.29, 1.82) is 0 Å². The number of hydrogen-bond donors (Lipinski definition) is 1. The quantitative estimate of drug-likeness (QED) is 0.673. The molecule has 1 saturated heterocycles. The summed E-state index contributed by atoms with van der Waals surface area (Å²) < 4.78 is 5.09. The Labute approximate surface area is 161 Å². The molecule has 0 aliphatic carbocycles. The van der Waals surface area contributed by atoms with Crippen molar-refractivity contribution in [3.8, 4) is 0 Å². The molecular formula is C21H30N2O4. The molecule has 1 fully saturated rings. The summed E-state index contributed by atoms with van der Waals surface area (Å²) in [6.07, 6.45) is 4.52. The van der Waals surface area contributed by atoms with Crippen LogP contribution in [0.15, 0.2) is 24.3 Å². The van der Waals surface area contributed by atoms with Crippen LogP contribution >= 0.6 is 0 Å². The lowest BCUT2D eigenvalue weighted by Crippen LogP contribution is -2.35. The van der Waals surface area contributed by atoms with Crippen LogP contribution in [0.4, 0.5) is 5.69 Å². The molecular weight excluding hydrogens is 344 g/mol. The second-order valence-electron chi connectivity index (χ2n) is 7.57. The highest BCUT2D eigenvalue weighted by Crippen LogP contribution is 2.21. The molecule has 6 heteroatoms. The second-order valence-corrected chi connectivity index (χ2v) is 7.57. The number of benzene rings is 1. The highest BCUT2D eigenvalue weighted by molar-refractivity contribution is 5.96. The maximum atomic E-state index is 12.1. The fourth-order valence-corrected chi connectivity index (χ4v) is 3.13. The molecule has 0 aromatic heterocycles. The fourth-order valence-electron chi connectivity index (χ4n) is 3.13. The summed E-state index contributed by atoms with van der Waals surface area (Å²) in [5.41, 5.74) is 1.14. The van der Waals surface area contributed by atoms with Crippen molar-refractivity contribution < 1.29 is 19.1 Å². The lowest BCUT2D eigenvalue weighted by Gasteiger charge is -2.16. The molecule has 148 valence electrons. The van der Waals surface area contributed by atoms with Crippen molar-refractivity contribution in [1.82, 2.24) is 5.32 Å². The van der Waals surface area contributed by atoms with Crippen LogP contribution in [0.25, 0.3) is 0 Å². The highest BCUT2D eigenvalue weighted by Gasteiger charge is 2.22. The largest absolute Gasteiger partial charge is 0.452 e. The number of nitrogens with zero attached hydrogens (tertiary/aromatic N) is 1. The number of amides is 2. The molecule has 1 N–H and O–H groups in total. The van der Waals surface area contributed by atoms with Crippen LogP contribution in [-0.4, -0.2) is 37.0 Å². The van der Waals surface area contributed by atoms with E-state index in [0.717, 1.165) is 31.4 Å². The zero-order valence-corrected chi connectivity index (χ0v) is 16.5. The molecule has 1 atom stereocenters. The van der Waals surface area contributed by atoms with Gasteiger partial charge < -0.3 is 15.0 Å². The molecule has 0 radical (unpaired) electrons. The molecule has 0 unspecified atom stereocenters. The maximum absolute atomic E-state index is 12.1. The van der Waals surface area contributed by atoms with E-state index in [1.54, 1.807) is 29.2 Å². The van der Waals surface area contributed by atoms with E-state index in [9.17, 15) is 14.4 Å². The molecule has 2 rings (SSSR count). The van der Waals surface area contributed by atoms with Gasteiger partial charge in [-0.1, -0.05) is 26.7 Å². The molecule has 0 saturated carbocycles. The molecule has 2 amide bonds. The Morgan fingerprint density at radius 3 is 2.44 bits per heavy atom. The minimum Gasteiger partial charge on any atom is -0.452 e. The van der Waals surface area contributed by atoms with Gasteiger partial charge in [-0.05, 0) is 49.9 Å². The van der Waals surface area contributed by atoms with Gasteiger partial charge >= 0.3 is 5.97 Å². The molecule has 0 spiro atoms. The maximum Gasteiger partial charge on any atom is 0.338 e. The first-order valence-corrected chi connectivity index (χ1v) is 9.73. The third-order valence-corrected chi connectivity index (χ3v) is 4.65. The summed E-state index contributed by atoms with van der Waals surface area (Å²) >= 11 is 0. The highest BCUT2D eigenvalue weighted by atomic mass is 16.5. The zero-order chi connectivity index (χ0) is 19.8. The van der Waals surface area contributed by atoms with Gasteiger partial charge in [-0.25, -0.2) is 4.79 Å². The van der Waals surface area contributed by atoms with E-state index < -0.39 is 5.97 Å². The van der Waals surface area contributed by atoms with Gasteiger partial charge in [0, 0.05) is 24.7 Å². The van der Waals surface area contributed by atoms with Crippen molar-refractivity contribution >= 4 is 23.5 Å². The summed E-state index contributed by atoms with van der Waals surface area (Å²) in [6, 6.07) is 6.77. The summed E-state index contributed by atoms with van der Waals surface area (Å²) in [5.74, 6) is -0.0788. The number of carbonyl (C=O) groups is 3.